The Morgan fingerprint density at radius 2 is 2.33 bits per heavy atom. The molecule has 3 atom stereocenters. The molecule has 0 bridgehead atoms. The fourth-order valence-electron chi connectivity index (χ4n) is 2.33. The van der Waals surface area contributed by atoms with E-state index in [-0.39, 0.29) is 23.6 Å². The largest absolute Gasteiger partial charge is 0.390 e. The third-order valence-electron chi connectivity index (χ3n) is 3.20. The number of sulfone groups is 1. The van der Waals surface area contributed by atoms with Gasteiger partial charge < -0.3 is 10.4 Å². The van der Waals surface area contributed by atoms with Crippen molar-refractivity contribution in [2.45, 2.75) is 38.0 Å². The minimum absolute atomic E-state index is 0.0414. The monoisotopic (exact) mass is 289 g/mol. The van der Waals surface area contributed by atoms with E-state index in [1.807, 2.05) is 17.5 Å². The molecule has 0 saturated carbocycles. The minimum atomic E-state index is -3.08. The number of hydrogen-bond donors (Lipinski definition) is 2. The molecule has 0 aliphatic carbocycles. The first kappa shape index (κ1) is 14.0. The molecule has 1 aromatic heterocycles. The van der Waals surface area contributed by atoms with E-state index in [1.165, 1.54) is 4.88 Å². The molecule has 1 saturated heterocycles. The molecular formula is C12H19NO3S2. The van der Waals surface area contributed by atoms with Crippen molar-refractivity contribution in [1.29, 1.82) is 0 Å². The molecule has 6 heteroatoms. The average Bonchev–Trinajstić information content (AvgIpc) is 2.86. The van der Waals surface area contributed by atoms with Crippen LogP contribution in [0.5, 0.6) is 0 Å². The van der Waals surface area contributed by atoms with E-state index in [4.69, 9.17) is 0 Å². The summed E-state index contributed by atoms with van der Waals surface area (Å²) in [5.41, 5.74) is 0. The highest BCUT2D eigenvalue weighted by atomic mass is 32.2. The summed E-state index contributed by atoms with van der Waals surface area (Å²) in [7, 11) is -3.08. The molecule has 1 aliphatic rings. The molecule has 0 spiro atoms. The van der Waals surface area contributed by atoms with Gasteiger partial charge in [-0.3, -0.25) is 0 Å². The summed E-state index contributed by atoms with van der Waals surface area (Å²) in [6.45, 7) is 2.10. The molecule has 2 N–H and O–H groups in total. The SMILES string of the molecule is CCCC(NC1CS(=O)(=O)CC1O)c1cccs1. The van der Waals surface area contributed by atoms with Crippen molar-refractivity contribution in [1.82, 2.24) is 5.32 Å². The highest BCUT2D eigenvalue weighted by Gasteiger charge is 2.37. The van der Waals surface area contributed by atoms with Gasteiger partial charge in [-0.15, -0.1) is 11.3 Å². The predicted octanol–water partition coefficient (Wildman–Crippen LogP) is 1.34. The van der Waals surface area contributed by atoms with E-state index in [2.05, 4.69) is 12.2 Å². The first-order valence-electron chi connectivity index (χ1n) is 6.20. The van der Waals surface area contributed by atoms with Gasteiger partial charge in [-0.05, 0) is 17.9 Å². The van der Waals surface area contributed by atoms with Crippen LogP contribution >= 0.6 is 11.3 Å². The summed E-state index contributed by atoms with van der Waals surface area (Å²) < 4.78 is 23.0. The van der Waals surface area contributed by atoms with Crippen LogP contribution < -0.4 is 5.32 Å². The second kappa shape index (κ2) is 5.69. The van der Waals surface area contributed by atoms with Crippen molar-refractivity contribution >= 4 is 21.2 Å². The Balaban J connectivity index is 2.06. The van der Waals surface area contributed by atoms with Gasteiger partial charge in [0.05, 0.1) is 17.6 Å². The Hall–Kier alpha value is -0.430. The number of aliphatic hydroxyl groups is 1. The molecule has 0 aromatic carbocycles. The van der Waals surface area contributed by atoms with Crippen LogP contribution in [0.4, 0.5) is 0 Å². The van der Waals surface area contributed by atoms with Crippen LogP contribution in [0.25, 0.3) is 0 Å². The standard InChI is InChI=1S/C12H19NO3S2/c1-2-4-9(12-5-3-6-17-12)13-10-7-18(15,16)8-11(10)14/h3,5-6,9-11,13-14H,2,4,7-8H2,1H3. The van der Waals surface area contributed by atoms with Crippen molar-refractivity contribution in [2.24, 2.45) is 0 Å². The van der Waals surface area contributed by atoms with Gasteiger partial charge >= 0.3 is 0 Å². The maximum absolute atomic E-state index is 11.5. The lowest BCUT2D eigenvalue weighted by Gasteiger charge is -2.23. The van der Waals surface area contributed by atoms with Gasteiger partial charge in [0.25, 0.3) is 0 Å². The molecule has 0 amide bonds. The minimum Gasteiger partial charge on any atom is -0.390 e. The number of hydrogen-bond acceptors (Lipinski definition) is 5. The molecule has 4 nitrogen and oxygen atoms in total. The summed E-state index contributed by atoms with van der Waals surface area (Å²) >= 11 is 1.66. The van der Waals surface area contributed by atoms with Gasteiger partial charge in [0.15, 0.2) is 9.84 Å². The van der Waals surface area contributed by atoms with Crippen molar-refractivity contribution < 1.29 is 13.5 Å². The average molecular weight is 289 g/mol. The Morgan fingerprint density at radius 1 is 1.56 bits per heavy atom. The van der Waals surface area contributed by atoms with Crippen LogP contribution in [-0.4, -0.2) is 37.2 Å². The second-order valence-electron chi connectivity index (χ2n) is 4.77. The lowest BCUT2D eigenvalue weighted by atomic mass is 10.1. The van der Waals surface area contributed by atoms with Gasteiger partial charge in [-0.25, -0.2) is 8.42 Å². The molecule has 102 valence electrons. The van der Waals surface area contributed by atoms with Gasteiger partial charge in [0.2, 0.25) is 0 Å². The Bertz CT molecular complexity index is 470. The first-order chi connectivity index (χ1) is 8.52. The van der Waals surface area contributed by atoms with E-state index < -0.39 is 15.9 Å². The highest BCUT2D eigenvalue weighted by molar-refractivity contribution is 7.91. The quantitative estimate of drug-likeness (QED) is 0.858. The number of rotatable bonds is 5. The van der Waals surface area contributed by atoms with Gasteiger partial charge in [-0.2, -0.15) is 0 Å². The number of nitrogens with one attached hydrogen (secondary N) is 1. The van der Waals surface area contributed by atoms with E-state index in [0.717, 1.165) is 12.8 Å². The summed E-state index contributed by atoms with van der Waals surface area (Å²) in [4.78, 5) is 1.20. The zero-order chi connectivity index (χ0) is 13.2. The zero-order valence-electron chi connectivity index (χ0n) is 10.4. The highest BCUT2D eigenvalue weighted by Crippen LogP contribution is 2.25. The van der Waals surface area contributed by atoms with Crippen molar-refractivity contribution in [3.05, 3.63) is 22.4 Å². The number of aliphatic hydroxyl groups excluding tert-OH is 1. The number of thiophene rings is 1. The Labute approximate surface area is 112 Å². The Morgan fingerprint density at radius 3 is 2.83 bits per heavy atom. The summed E-state index contributed by atoms with van der Waals surface area (Å²) in [6.07, 6.45) is 1.18. The van der Waals surface area contributed by atoms with Gasteiger partial charge in [0.1, 0.15) is 0 Å². The normalized spacial score (nSPS) is 28.3. The predicted molar refractivity (Wildman–Crippen MR) is 73.6 cm³/mol. The van der Waals surface area contributed by atoms with Crippen LogP contribution in [0, 0.1) is 0 Å². The van der Waals surface area contributed by atoms with Crippen LogP contribution in [-0.2, 0) is 9.84 Å². The van der Waals surface area contributed by atoms with E-state index in [1.54, 1.807) is 11.3 Å². The fraction of sp³-hybridized carbons (Fsp3) is 0.667. The van der Waals surface area contributed by atoms with E-state index in [0.29, 0.717) is 0 Å². The molecular weight excluding hydrogens is 270 g/mol. The van der Waals surface area contributed by atoms with E-state index >= 15 is 0 Å². The summed E-state index contributed by atoms with van der Waals surface area (Å²) in [6, 6.07) is 3.84. The van der Waals surface area contributed by atoms with Crippen LogP contribution in [0.3, 0.4) is 0 Å². The molecule has 2 rings (SSSR count). The lowest BCUT2D eigenvalue weighted by Crippen LogP contribution is -2.40. The lowest BCUT2D eigenvalue weighted by molar-refractivity contribution is 0.158. The van der Waals surface area contributed by atoms with Crippen molar-refractivity contribution in [3.8, 4) is 0 Å². The maximum Gasteiger partial charge on any atom is 0.154 e. The molecule has 2 heterocycles. The fourth-order valence-corrected chi connectivity index (χ4v) is 4.91. The molecule has 3 unspecified atom stereocenters. The zero-order valence-corrected chi connectivity index (χ0v) is 12.0. The topological polar surface area (TPSA) is 66.4 Å². The van der Waals surface area contributed by atoms with Crippen molar-refractivity contribution in [3.63, 3.8) is 0 Å². The third-order valence-corrected chi connectivity index (χ3v) is 5.90. The Kier molecular flexibility index (Phi) is 4.42. The molecule has 0 radical (unpaired) electrons. The van der Waals surface area contributed by atoms with Crippen LogP contribution in [0.2, 0.25) is 0 Å². The maximum atomic E-state index is 11.5. The smallest absolute Gasteiger partial charge is 0.154 e. The third kappa shape index (κ3) is 3.32. The summed E-state index contributed by atoms with van der Waals surface area (Å²) in [5.74, 6) is -0.0757. The molecule has 1 aliphatic heterocycles. The van der Waals surface area contributed by atoms with E-state index in [9.17, 15) is 13.5 Å². The molecule has 1 fully saturated rings. The van der Waals surface area contributed by atoms with Crippen LogP contribution in [0.1, 0.15) is 30.7 Å². The van der Waals surface area contributed by atoms with Gasteiger partial charge in [-0.1, -0.05) is 19.4 Å². The first-order valence-corrected chi connectivity index (χ1v) is 8.90. The van der Waals surface area contributed by atoms with Crippen molar-refractivity contribution in [2.75, 3.05) is 11.5 Å². The molecule has 18 heavy (non-hydrogen) atoms. The van der Waals surface area contributed by atoms with Gasteiger partial charge in [0, 0.05) is 17.0 Å². The molecule has 1 aromatic rings. The summed E-state index contributed by atoms with van der Waals surface area (Å²) in [5, 5.41) is 15.1. The second-order valence-corrected chi connectivity index (χ2v) is 7.91. The van der Waals surface area contributed by atoms with Crippen LogP contribution in [0.15, 0.2) is 17.5 Å².